The van der Waals surface area contributed by atoms with Crippen LogP contribution in [0, 0.1) is 0 Å². The van der Waals surface area contributed by atoms with Gasteiger partial charge in [0.2, 0.25) is 5.82 Å². The van der Waals surface area contributed by atoms with Crippen LogP contribution in [0.3, 0.4) is 0 Å². The van der Waals surface area contributed by atoms with Gasteiger partial charge in [-0.25, -0.2) is 4.98 Å². The van der Waals surface area contributed by atoms with Gasteiger partial charge >= 0.3 is 0 Å². The molecular weight excluding hydrogens is 254 g/mol. The molecule has 0 spiro atoms. The second-order valence-corrected chi connectivity index (χ2v) is 4.22. The fourth-order valence-corrected chi connectivity index (χ4v) is 1.99. The van der Waals surface area contributed by atoms with Crippen molar-refractivity contribution in [1.29, 1.82) is 0 Å². The van der Waals surface area contributed by atoms with E-state index in [1.165, 1.54) is 29.5 Å². The summed E-state index contributed by atoms with van der Waals surface area (Å²) in [5.41, 5.74) is 2.55. The highest BCUT2D eigenvalue weighted by Gasteiger charge is 2.15. The van der Waals surface area contributed by atoms with Crippen LogP contribution in [-0.2, 0) is 0 Å². The minimum Gasteiger partial charge on any atom is -0.508 e. The van der Waals surface area contributed by atoms with E-state index in [2.05, 4.69) is 15.1 Å². The molecule has 0 bridgehead atoms. The van der Waals surface area contributed by atoms with Crippen LogP contribution < -0.4 is 0 Å². The molecule has 0 aliphatic rings. The summed E-state index contributed by atoms with van der Waals surface area (Å²) in [5.74, 6) is 0.442. The molecule has 6 nitrogen and oxygen atoms in total. The van der Waals surface area contributed by atoms with E-state index in [4.69, 9.17) is 4.52 Å². The van der Waals surface area contributed by atoms with Crippen molar-refractivity contribution in [3.8, 4) is 34.5 Å². The van der Waals surface area contributed by atoms with Gasteiger partial charge < -0.3 is 14.7 Å². The molecule has 0 saturated heterocycles. The lowest BCUT2D eigenvalue weighted by Crippen LogP contribution is -1.81. The average Bonchev–Trinajstić information content (AvgIpc) is 3.00. The molecule has 7 heteroatoms. The molecule has 0 aliphatic heterocycles. The Bertz CT molecular complexity index is 679. The number of phenols is 2. The third-order valence-electron chi connectivity index (χ3n) is 2.30. The van der Waals surface area contributed by atoms with Gasteiger partial charge in [0.05, 0.1) is 11.1 Å². The maximum atomic E-state index is 9.68. The monoisotopic (exact) mass is 261 g/mol. The Morgan fingerprint density at radius 1 is 1.22 bits per heavy atom. The molecular formula is C11H7N3O3S. The van der Waals surface area contributed by atoms with Crippen LogP contribution in [-0.4, -0.2) is 25.3 Å². The van der Waals surface area contributed by atoms with Crippen molar-refractivity contribution in [3.05, 3.63) is 29.1 Å². The van der Waals surface area contributed by atoms with Crippen LogP contribution >= 0.6 is 11.3 Å². The second-order valence-electron chi connectivity index (χ2n) is 3.50. The summed E-state index contributed by atoms with van der Waals surface area (Å²) in [6.07, 6.45) is 0. The summed E-state index contributed by atoms with van der Waals surface area (Å²) in [5, 5.41) is 24.6. The van der Waals surface area contributed by atoms with E-state index in [1.807, 2.05) is 0 Å². The molecule has 0 atom stereocenters. The van der Waals surface area contributed by atoms with Crippen LogP contribution in [0.25, 0.3) is 23.0 Å². The van der Waals surface area contributed by atoms with Gasteiger partial charge in [0, 0.05) is 5.38 Å². The van der Waals surface area contributed by atoms with E-state index in [0.717, 1.165) is 0 Å². The first-order chi connectivity index (χ1) is 8.74. The van der Waals surface area contributed by atoms with Crippen molar-refractivity contribution in [2.75, 3.05) is 0 Å². The van der Waals surface area contributed by atoms with Crippen molar-refractivity contribution in [2.24, 2.45) is 0 Å². The van der Waals surface area contributed by atoms with Gasteiger partial charge in [0.25, 0.3) is 5.89 Å². The highest BCUT2D eigenvalue weighted by atomic mass is 32.1. The first-order valence-electron chi connectivity index (χ1n) is 4.98. The Balaban J connectivity index is 2.05. The molecule has 0 radical (unpaired) electrons. The summed E-state index contributed by atoms with van der Waals surface area (Å²) in [6, 6.07) is 4.08. The van der Waals surface area contributed by atoms with E-state index in [0.29, 0.717) is 11.5 Å². The van der Waals surface area contributed by atoms with Gasteiger partial charge in [-0.05, 0) is 18.2 Å². The fourth-order valence-electron chi connectivity index (χ4n) is 1.46. The molecule has 0 amide bonds. The summed E-state index contributed by atoms with van der Waals surface area (Å²) in [7, 11) is 0. The van der Waals surface area contributed by atoms with Gasteiger partial charge in [0.1, 0.15) is 17.2 Å². The zero-order chi connectivity index (χ0) is 12.5. The van der Waals surface area contributed by atoms with E-state index in [-0.39, 0.29) is 23.0 Å². The average molecular weight is 261 g/mol. The van der Waals surface area contributed by atoms with Crippen LogP contribution in [0.2, 0.25) is 0 Å². The van der Waals surface area contributed by atoms with E-state index >= 15 is 0 Å². The number of hydrogen-bond acceptors (Lipinski definition) is 7. The molecule has 0 saturated carbocycles. The Morgan fingerprint density at radius 3 is 2.89 bits per heavy atom. The van der Waals surface area contributed by atoms with Crippen molar-refractivity contribution in [1.82, 2.24) is 15.1 Å². The lowest BCUT2D eigenvalue weighted by molar-refractivity contribution is 0.423. The maximum Gasteiger partial charge on any atom is 0.262 e. The molecule has 18 heavy (non-hydrogen) atoms. The number of thiazole rings is 1. The van der Waals surface area contributed by atoms with Crippen LogP contribution in [0.15, 0.2) is 33.6 Å². The largest absolute Gasteiger partial charge is 0.508 e. The van der Waals surface area contributed by atoms with Gasteiger partial charge in [0.15, 0.2) is 0 Å². The van der Waals surface area contributed by atoms with E-state index in [1.54, 1.807) is 10.9 Å². The third kappa shape index (κ3) is 1.80. The zero-order valence-corrected chi connectivity index (χ0v) is 9.76. The minimum atomic E-state index is -0.0405. The molecule has 2 aromatic heterocycles. The highest BCUT2D eigenvalue weighted by molar-refractivity contribution is 7.07. The third-order valence-corrected chi connectivity index (χ3v) is 2.88. The second kappa shape index (κ2) is 4.11. The van der Waals surface area contributed by atoms with Crippen molar-refractivity contribution < 1.29 is 14.7 Å². The Labute approximate surface area is 105 Å². The van der Waals surface area contributed by atoms with Gasteiger partial charge in [-0.15, -0.1) is 11.3 Å². The molecule has 0 fully saturated rings. The van der Waals surface area contributed by atoms with Gasteiger partial charge in [-0.2, -0.15) is 4.98 Å². The van der Waals surface area contributed by atoms with Crippen molar-refractivity contribution in [2.45, 2.75) is 0 Å². The van der Waals surface area contributed by atoms with Crippen LogP contribution in [0.5, 0.6) is 11.5 Å². The SMILES string of the molecule is Oc1ccc(O)c(-c2nc(-c3cscn3)no2)c1. The molecule has 1 aromatic carbocycles. The molecule has 0 unspecified atom stereocenters. The number of aromatic hydroxyl groups is 2. The highest BCUT2D eigenvalue weighted by Crippen LogP contribution is 2.32. The number of phenolic OH excluding ortho intramolecular Hbond substituents is 2. The first-order valence-corrected chi connectivity index (χ1v) is 5.93. The summed E-state index contributed by atoms with van der Waals surface area (Å²) >= 11 is 1.42. The topological polar surface area (TPSA) is 92.3 Å². The lowest BCUT2D eigenvalue weighted by atomic mass is 10.2. The number of aromatic nitrogens is 3. The summed E-state index contributed by atoms with van der Waals surface area (Å²) in [6.45, 7) is 0. The van der Waals surface area contributed by atoms with E-state index < -0.39 is 0 Å². The standard InChI is InChI=1S/C11H7N3O3S/c15-6-1-2-9(16)7(3-6)11-13-10(14-17-11)8-4-18-5-12-8/h1-5,15-16H. The Kier molecular flexibility index (Phi) is 2.45. The summed E-state index contributed by atoms with van der Waals surface area (Å²) < 4.78 is 5.04. The molecule has 2 heterocycles. The molecule has 0 aliphatic carbocycles. The number of rotatable bonds is 2. The Morgan fingerprint density at radius 2 is 2.11 bits per heavy atom. The minimum absolute atomic E-state index is 0.0104. The molecule has 2 N–H and O–H groups in total. The smallest absolute Gasteiger partial charge is 0.262 e. The number of nitrogens with zero attached hydrogens (tertiary/aromatic N) is 3. The quantitative estimate of drug-likeness (QED) is 0.687. The Hall–Kier alpha value is -2.41. The summed E-state index contributed by atoms with van der Waals surface area (Å²) in [4.78, 5) is 8.18. The van der Waals surface area contributed by atoms with Gasteiger partial charge in [-0.1, -0.05) is 5.16 Å². The lowest BCUT2D eigenvalue weighted by Gasteiger charge is -1.99. The number of benzene rings is 1. The van der Waals surface area contributed by atoms with E-state index in [9.17, 15) is 10.2 Å². The van der Waals surface area contributed by atoms with Crippen molar-refractivity contribution in [3.63, 3.8) is 0 Å². The fraction of sp³-hybridized carbons (Fsp3) is 0. The normalized spacial score (nSPS) is 10.7. The van der Waals surface area contributed by atoms with Crippen LogP contribution in [0.4, 0.5) is 0 Å². The van der Waals surface area contributed by atoms with Crippen LogP contribution in [0.1, 0.15) is 0 Å². The van der Waals surface area contributed by atoms with Gasteiger partial charge in [-0.3, -0.25) is 0 Å². The predicted octanol–water partition coefficient (Wildman–Crippen LogP) is 2.27. The number of hydrogen-bond donors (Lipinski definition) is 2. The molecule has 3 rings (SSSR count). The molecule has 3 aromatic rings. The predicted molar refractivity (Wildman–Crippen MR) is 64.2 cm³/mol. The maximum absolute atomic E-state index is 9.68. The molecule has 90 valence electrons. The first kappa shape index (κ1) is 10.7. The van der Waals surface area contributed by atoms with Crippen molar-refractivity contribution >= 4 is 11.3 Å². The zero-order valence-electron chi connectivity index (χ0n) is 8.94.